The minimum absolute atomic E-state index is 0.0837. The Morgan fingerprint density at radius 1 is 1.00 bits per heavy atom. The molecule has 2 rings (SSSR count). The van der Waals surface area contributed by atoms with Crippen LogP contribution in [0.2, 0.25) is 0 Å². The standard InChI is InChI=1S/C14H9F5N2/c15-11-4-5-13(12(16)7-11)21-20-8-9-2-1-3-10(6-9)14(17,18)19/h1-8,21H/b20-8+. The molecule has 0 aliphatic carbocycles. The van der Waals surface area contributed by atoms with Crippen molar-refractivity contribution in [2.75, 3.05) is 5.43 Å². The fourth-order valence-electron chi connectivity index (χ4n) is 1.55. The number of nitrogens with zero attached hydrogens (tertiary/aromatic N) is 1. The van der Waals surface area contributed by atoms with Crippen molar-refractivity contribution >= 4 is 11.9 Å². The Kier molecular flexibility index (Phi) is 4.21. The molecule has 0 aliphatic rings. The number of hydrogen-bond acceptors (Lipinski definition) is 2. The topological polar surface area (TPSA) is 24.4 Å². The number of anilines is 1. The van der Waals surface area contributed by atoms with E-state index in [9.17, 15) is 22.0 Å². The van der Waals surface area contributed by atoms with E-state index < -0.39 is 23.4 Å². The Morgan fingerprint density at radius 3 is 2.43 bits per heavy atom. The maximum atomic E-state index is 13.3. The third-order valence-electron chi connectivity index (χ3n) is 2.54. The van der Waals surface area contributed by atoms with Crippen LogP contribution in [0.1, 0.15) is 11.1 Å². The van der Waals surface area contributed by atoms with Crippen molar-refractivity contribution in [3.63, 3.8) is 0 Å². The molecule has 0 aromatic heterocycles. The summed E-state index contributed by atoms with van der Waals surface area (Å²) in [6.45, 7) is 0. The highest BCUT2D eigenvalue weighted by Gasteiger charge is 2.30. The second kappa shape index (κ2) is 5.90. The summed E-state index contributed by atoms with van der Waals surface area (Å²) >= 11 is 0. The summed E-state index contributed by atoms with van der Waals surface area (Å²) in [6, 6.07) is 7.34. The molecular weight excluding hydrogens is 291 g/mol. The highest BCUT2D eigenvalue weighted by atomic mass is 19.4. The van der Waals surface area contributed by atoms with Gasteiger partial charge in [0.1, 0.15) is 5.82 Å². The van der Waals surface area contributed by atoms with Crippen LogP contribution in [-0.2, 0) is 6.18 Å². The van der Waals surface area contributed by atoms with E-state index in [0.29, 0.717) is 6.07 Å². The van der Waals surface area contributed by atoms with Gasteiger partial charge in [-0.05, 0) is 29.8 Å². The first-order valence-corrected chi connectivity index (χ1v) is 5.77. The fourth-order valence-corrected chi connectivity index (χ4v) is 1.55. The van der Waals surface area contributed by atoms with E-state index in [-0.39, 0.29) is 11.3 Å². The van der Waals surface area contributed by atoms with E-state index in [4.69, 9.17) is 0 Å². The Hall–Kier alpha value is -2.44. The van der Waals surface area contributed by atoms with Crippen LogP contribution in [0.25, 0.3) is 0 Å². The maximum absolute atomic E-state index is 13.3. The molecule has 7 heteroatoms. The van der Waals surface area contributed by atoms with Gasteiger partial charge in [-0.15, -0.1) is 0 Å². The van der Waals surface area contributed by atoms with Gasteiger partial charge >= 0.3 is 6.18 Å². The van der Waals surface area contributed by atoms with Crippen molar-refractivity contribution in [2.24, 2.45) is 5.10 Å². The average molecular weight is 300 g/mol. The van der Waals surface area contributed by atoms with E-state index in [1.165, 1.54) is 12.1 Å². The summed E-state index contributed by atoms with van der Waals surface area (Å²) < 4.78 is 63.5. The first-order valence-electron chi connectivity index (χ1n) is 5.77. The molecule has 0 fully saturated rings. The smallest absolute Gasteiger partial charge is 0.276 e. The molecule has 1 N–H and O–H groups in total. The van der Waals surface area contributed by atoms with E-state index >= 15 is 0 Å². The van der Waals surface area contributed by atoms with Gasteiger partial charge in [-0.1, -0.05) is 12.1 Å². The van der Waals surface area contributed by atoms with Crippen LogP contribution >= 0.6 is 0 Å². The van der Waals surface area contributed by atoms with Crippen molar-refractivity contribution in [2.45, 2.75) is 6.18 Å². The van der Waals surface area contributed by atoms with Gasteiger partial charge in [-0.25, -0.2) is 8.78 Å². The SMILES string of the molecule is Fc1ccc(N/N=C/c2cccc(C(F)(F)F)c2)c(F)c1. The number of rotatable bonds is 3. The summed E-state index contributed by atoms with van der Waals surface area (Å²) in [7, 11) is 0. The van der Waals surface area contributed by atoms with Crippen molar-refractivity contribution in [3.8, 4) is 0 Å². The molecule has 0 heterocycles. The summed E-state index contributed by atoms with van der Waals surface area (Å²) in [5.74, 6) is -1.59. The Labute approximate surface area is 116 Å². The molecule has 0 bridgehead atoms. The molecule has 0 radical (unpaired) electrons. The zero-order valence-corrected chi connectivity index (χ0v) is 10.5. The molecule has 21 heavy (non-hydrogen) atoms. The molecule has 0 unspecified atom stereocenters. The first-order chi connectivity index (χ1) is 9.86. The van der Waals surface area contributed by atoms with Crippen LogP contribution in [0.3, 0.4) is 0 Å². The third kappa shape index (κ3) is 4.01. The van der Waals surface area contributed by atoms with Crippen LogP contribution < -0.4 is 5.43 Å². The quantitative estimate of drug-likeness (QED) is 0.506. The summed E-state index contributed by atoms with van der Waals surface area (Å²) in [5.41, 5.74) is 1.60. The average Bonchev–Trinajstić information content (AvgIpc) is 2.41. The molecule has 0 saturated carbocycles. The fraction of sp³-hybridized carbons (Fsp3) is 0.0714. The third-order valence-corrected chi connectivity index (χ3v) is 2.54. The van der Waals surface area contributed by atoms with Crippen LogP contribution in [0.15, 0.2) is 47.6 Å². The molecule has 0 aliphatic heterocycles. The van der Waals surface area contributed by atoms with Gasteiger partial charge in [0.2, 0.25) is 0 Å². The normalized spacial score (nSPS) is 11.9. The van der Waals surface area contributed by atoms with Crippen molar-refractivity contribution in [1.29, 1.82) is 0 Å². The van der Waals surface area contributed by atoms with Crippen molar-refractivity contribution in [1.82, 2.24) is 0 Å². The lowest BCUT2D eigenvalue weighted by molar-refractivity contribution is -0.137. The lowest BCUT2D eigenvalue weighted by Gasteiger charge is -2.06. The zero-order valence-electron chi connectivity index (χ0n) is 10.5. The largest absolute Gasteiger partial charge is 0.416 e. The number of nitrogens with one attached hydrogen (secondary N) is 1. The van der Waals surface area contributed by atoms with Gasteiger partial charge in [0, 0.05) is 6.07 Å². The zero-order chi connectivity index (χ0) is 15.5. The predicted molar refractivity (Wildman–Crippen MR) is 69.0 cm³/mol. The predicted octanol–water partition coefficient (Wildman–Crippen LogP) is 4.43. The van der Waals surface area contributed by atoms with E-state index in [1.807, 2.05) is 0 Å². The summed E-state index contributed by atoms with van der Waals surface area (Å²) in [5, 5.41) is 3.62. The van der Waals surface area contributed by atoms with Crippen LogP contribution in [-0.4, -0.2) is 6.21 Å². The van der Waals surface area contributed by atoms with Gasteiger partial charge in [-0.3, -0.25) is 5.43 Å². The van der Waals surface area contributed by atoms with Crippen molar-refractivity contribution in [3.05, 3.63) is 65.2 Å². The Morgan fingerprint density at radius 2 is 1.76 bits per heavy atom. The molecule has 0 spiro atoms. The Bertz CT molecular complexity index is 665. The maximum Gasteiger partial charge on any atom is 0.416 e. The van der Waals surface area contributed by atoms with Gasteiger partial charge in [0.25, 0.3) is 0 Å². The number of alkyl halides is 3. The molecular formula is C14H9F5N2. The Balaban J connectivity index is 2.11. The van der Waals surface area contributed by atoms with Crippen LogP contribution in [0, 0.1) is 11.6 Å². The number of benzene rings is 2. The summed E-state index contributed by atoms with van der Waals surface area (Å²) in [6.07, 6.45) is -3.33. The van der Waals surface area contributed by atoms with Crippen LogP contribution in [0.5, 0.6) is 0 Å². The lowest BCUT2D eigenvalue weighted by atomic mass is 10.1. The van der Waals surface area contributed by atoms with Gasteiger partial charge < -0.3 is 0 Å². The van der Waals surface area contributed by atoms with Crippen molar-refractivity contribution < 1.29 is 22.0 Å². The van der Waals surface area contributed by atoms with Gasteiger partial charge in [0.15, 0.2) is 5.82 Å². The first kappa shape index (κ1) is 15.0. The number of hydrazone groups is 1. The highest BCUT2D eigenvalue weighted by molar-refractivity contribution is 5.80. The number of hydrogen-bond donors (Lipinski definition) is 1. The molecule has 110 valence electrons. The minimum Gasteiger partial charge on any atom is -0.276 e. The van der Waals surface area contributed by atoms with E-state index in [0.717, 1.165) is 30.5 Å². The molecule has 2 nitrogen and oxygen atoms in total. The molecule has 2 aromatic rings. The molecule has 0 saturated heterocycles. The minimum atomic E-state index is -4.44. The highest BCUT2D eigenvalue weighted by Crippen LogP contribution is 2.29. The molecule has 0 amide bonds. The monoisotopic (exact) mass is 300 g/mol. The number of halogens is 5. The lowest BCUT2D eigenvalue weighted by Crippen LogP contribution is -2.05. The van der Waals surface area contributed by atoms with Crippen LogP contribution in [0.4, 0.5) is 27.6 Å². The molecule has 2 aromatic carbocycles. The van der Waals surface area contributed by atoms with Gasteiger partial charge in [-0.2, -0.15) is 18.3 Å². The molecule has 0 atom stereocenters. The second-order valence-corrected chi connectivity index (χ2v) is 4.12. The van der Waals surface area contributed by atoms with E-state index in [1.54, 1.807) is 0 Å². The van der Waals surface area contributed by atoms with Gasteiger partial charge in [0.05, 0.1) is 17.5 Å². The van der Waals surface area contributed by atoms with E-state index in [2.05, 4.69) is 10.5 Å². The second-order valence-electron chi connectivity index (χ2n) is 4.12. The summed E-state index contributed by atoms with van der Waals surface area (Å²) in [4.78, 5) is 0.